The Morgan fingerprint density at radius 2 is 0.686 bits per heavy atom. The zero-order valence-electron chi connectivity index (χ0n) is 27.8. The van der Waals surface area contributed by atoms with Gasteiger partial charge in [0.25, 0.3) is 0 Å². The van der Waals surface area contributed by atoms with Gasteiger partial charge in [-0.3, -0.25) is 0 Å². The van der Waals surface area contributed by atoms with Gasteiger partial charge in [-0.05, 0) is 113 Å². The van der Waals surface area contributed by atoms with Crippen molar-refractivity contribution < 1.29 is 0 Å². The Morgan fingerprint density at radius 3 is 1.31 bits per heavy atom. The van der Waals surface area contributed by atoms with Crippen molar-refractivity contribution in [1.82, 2.24) is 4.57 Å². The molecule has 11 rings (SSSR count). The van der Waals surface area contributed by atoms with Crippen molar-refractivity contribution in [2.24, 2.45) is 0 Å². The number of para-hydroxylation sites is 2. The molecular formula is C50H31N. The van der Waals surface area contributed by atoms with Crippen LogP contribution in [0.4, 0.5) is 0 Å². The van der Waals surface area contributed by atoms with E-state index in [0.29, 0.717) is 0 Å². The summed E-state index contributed by atoms with van der Waals surface area (Å²) in [5.74, 6) is 0. The van der Waals surface area contributed by atoms with Gasteiger partial charge in [0, 0.05) is 16.5 Å². The monoisotopic (exact) mass is 645 g/mol. The van der Waals surface area contributed by atoms with E-state index >= 15 is 0 Å². The number of benzene rings is 10. The lowest BCUT2D eigenvalue weighted by molar-refractivity contribution is 1.18. The molecule has 0 radical (unpaired) electrons. The molecule has 51 heavy (non-hydrogen) atoms. The number of hydrogen-bond donors (Lipinski definition) is 0. The third-order valence-corrected chi connectivity index (χ3v) is 10.9. The topological polar surface area (TPSA) is 4.93 Å². The number of rotatable bonds is 3. The second-order valence-electron chi connectivity index (χ2n) is 13.6. The summed E-state index contributed by atoms with van der Waals surface area (Å²) in [6.45, 7) is 0. The predicted molar refractivity (Wildman–Crippen MR) is 219 cm³/mol. The van der Waals surface area contributed by atoms with Crippen molar-refractivity contribution in [2.45, 2.75) is 0 Å². The lowest BCUT2D eigenvalue weighted by Gasteiger charge is -2.18. The first-order valence-electron chi connectivity index (χ1n) is 17.7. The zero-order chi connectivity index (χ0) is 33.5. The lowest BCUT2D eigenvalue weighted by Crippen LogP contribution is -1.93. The first-order valence-corrected chi connectivity index (χ1v) is 17.7. The van der Waals surface area contributed by atoms with Gasteiger partial charge >= 0.3 is 0 Å². The highest BCUT2D eigenvalue weighted by Crippen LogP contribution is 2.46. The van der Waals surface area contributed by atoms with Crippen molar-refractivity contribution in [3.05, 3.63) is 188 Å². The normalized spacial score (nSPS) is 11.9. The fourth-order valence-electron chi connectivity index (χ4n) is 8.78. The van der Waals surface area contributed by atoms with Gasteiger partial charge in [0.2, 0.25) is 0 Å². The van der Waals surface area contributed by atoms with Crippen LogP contribution < -0.4 is 0 Å². The van der Waals surface area contributed by atoms with E-state index in [9.17, 15) is 0 Å². The molecule has 0 atom stereocenters. The molecular weight excluding hydrogens is 615 g/mol. The molecule has 0 aliphatic heterocycles. The molecule has 1 aromatic heterocycles. The number of hydrogen-bond acceptors (Lipinski definition) is 0. The zero-order valence-corrected chi connectivity index (χ0v) is 27.8. The SMILES string of the molecule is c1ccc(-c2c3ccccc3c(-c3ccc4c(c3)c3ccccc3c3cc5c6ccccc6n(-c6ccccc6)c5cc43)c3ccccc23)cc1. The first kappa shape index (κ1) is 28.2. The van der Waals surface area contributed by atoms with E-state index in [2.05, 4.69) is 193 Å². The molecule has 1 nitrogen and oxygen atoms in total. The Kier molecular flexibility index (Phi) is 6.02. The van der Waals surface area contributed by atoms with Gasteiger partial charge < -0.3 is 4.57 Å². The van der Waals surface area contributed by atoms with Crippen LogP contribution in [-0.4, -0.2) is 4.57 Å². The van der Waals surface area contributed by atoms with Gasteiger partial charge in [-0.2, -0.15) is 0 Å². The first-order chi connectivity index (χ1) is 25.3. The highest BCUT2D eigenvalue weighted by Gasteiger charge is 2.19. The van der Waals surface area contributed by atoms with Crippen LogP contribution in [0.25, 0.3) is 104 Å². The molecule has 0 amide bonds. The maximum atomic E-state index is 2.45. The maximum absolute atomic E-state index is 2.45. The summed E-state index contributed by atoms with van der Waals surface area (Å²) in [7, 11) is 0. The van der Waals surface area contributed by atoms with Crippen LogP contribution in [0.2, 0.25) is 0 Å². The van der Waals surface area contributed by atoms with Crippen LogP contribution in [-0.2, 0) is 0 Å². The third kappa shape index (κ3) is 4.09. The quantitative estimate of drug-likeness (QED) is 0.133. The van der Waals surface area contributed by atoms with Crippen LogP contribution in [0.5, 0.6) is 0 Å². The van der Waals surface area contributed by atoms with E-state index in [1.807, 2.05) is 0 Å². The van der Waals surface area contributed by atoms with E-state index in [1.54, 1.807) is 0 Å². The Morgan fingerprint density at radius 1 is 0.235 bits per heavy atom. The highest BCUT2D eigenvalue weighted by molar-refractivity contribution is 6.30. The summed E-state index contributed by atoms with van der Waals surface area (Å²) in [4.78, 5) is 0. The molecule has 10 aromatic carbocycles. The van der Waals surface area contributed by atoms with Gasteiger partial charge in [-0.1, -0.05) is 152 Å². The molecule has 236 valence electrons. The Bertz CT molecular complexity index is 3110. The highest BCUT2D eigenvalue weighted by atomic mass is 15.0. The van der Waals surface area contributed by atoms with Gasteiger partial charge in [0.05, 0.1) is 11.0 Å². The number of fused-ring (bicyclic) bond motifs is 11. The van der Waals surface area contributed by atoms with E-state index in [4.69, 9.17) is 0 Å². The van der Waals surface area contributed by atoms with Crippen molar-refractivity contribution >= 4 is 75.7 Å². The maximum Gasteiger partial charge on any atom is 0.0547 e. The van der Waals surface area contributed by atoms with Crippen LogP contribution >= 0.6 is 0 Å². The molecule has 0 aliphatic carbocycles. The van der Waals surface area contributed by atoms with E-state index in [0.717, 1.165) is 0 Å². The predicted octanol–water partition coefficient (Wildman–Crippen LogP) is 13.9. The van der Waals surface area contributed by atoms with Gasteiger partial charge in [0.1, 0.15) is 0 Å². The Balaban J connectivity index is 1.26. The second-order valence-corrected chi connectivity index (χ2v) is 13.6. The van der Waals surface area contributed by atoms with Crippen LogP contribution in [0.1, 0.15) is 0 Å². The summed E-state index contributed by atoms with van der Waals surface area (Å²) in [5.41, 5.74) is 8.68. The minimum absolute atomic E-state index is 1.17. The number of aromatic nitrogens is 1. The lowest BCUT2D eigenvalue weighted by atomic mass is 9.85. The van der Waals surface area contributed by atoms with Gasteiger partial charge in [0.15, 0.2) is 0 Å². The van der Waals surface area contributed by atoms with Crippen LogP contribution in [0.3, 0.4) is 0 Å². The van der Waals surface area contributed by atoms with Crippen molar-refractivity contribution in [3.8, 4) is 27.9 Å². The largest absolute Gasteiger partial charge is 0.309 e. The fourth-order valence-corrected chi connectivity index (χ4v) is 8.78. The minimum Gasteiger partial charge on any atom is -0.309 e. The van der Waals surface area contributed by atoms with E-state index < -0.39 is 0 Å². The summed E-state index contributed by atoms with van der Waals surface area (Å²) >= 11 is 0. The Labute approximate surface area is 295 Å². The molecule has 0 saturated carbocycles. The summed E-state index contributed by atoms with van der Waals surface area (Å²) < 4.78 is 2.42. The average Bonchev–Trinajstić information content (AvgIpc) is 3.53. The van der Waals surface area contributed by atoms with Crippen molar-refractivity contribution in [3.63, 3.8) is 0 Å². The fraction of sp³-hybridized carbons (Fsp3) is 0. The molecule has 0 unspecified atom stereocenters. The molecule has 0 N–H and O–H groups in total. The van der Waals surface area contributed by atoms with Gasteiger partial charge in [-0.25, -0.2) is 0 Å². The second kappa shape index (κ2) is 10.9. The molecule has 0 aliphatic rings. The molecule has 11 aromatic rings. The van der Waals surface area contributed by atoms with E-state index in [1.165, 1.54) is 104 Å². The minimum atomic E-state index is 1.17. The average molecular weight is 646 g/mol. The standard InChI is InChI=1S/C50H31N/c1-3-15-32(16-4-1)49-39-22-9-11-24-41(39)50(42-25-12-10-23-40(42)49)33-27-28-37-43(29-33)35-19-7-8-20-36(35)44-30-46-38-21-13-14-26-47(38)51(48(46)31-45(37)44)34-17-5-2-6-18-34/h1-31H. The number of nitrogens with zero attached hydrogens (tertiary/aromatic N) is 1. The third-order valence-electron chi connectivity index (χ3n) is 10.9. The van der Waals surface area contributed by atoms with E-state index in [-0.39, 0.29) is 0 Å². The van der Waals surface area contributed by atoms with Crippen LogP contribution in [0.15, 0.2) is 188 Å². The van der Waals surface area contributed by atoms with Gasteiger partial charge in [-0.15, -0.1) is 0 Å². The molecule has 1 heteroatoms. The molecule has 0 fully saturated rings. The summed E-state index contributed by atoms with van der Waals surface area (Å²) in [5, 5.41) is 15.3. The molecule has 0 spiro atoms. The molecule has 1 heterocycles. The smallest absolute Gasteiger partial charge is 0.0547 e. The van der Waals surface area contributed by atoms with Crippen LogP contribution in [0, 0.1) is 0 Å². The summed E-state index contributed by atoms with van der Waals surface area (Å²) in [6, 6.07) is 69.2. The molecule has 0 bridgehead atoms. The molecule has 0 saturated heterocycles. The van der Waals surface area contributed by atoms with Crippen molar-refractivity contribution in [2.75, 3.05) is 0 Å². The summed E-state index contributed by atoms with van der Waals surface area (Å²) in [6.07, 6.45) is 0. The van der Waals surface area contributed by atoms with Crippen molar-refractivity contribution in [1.29, 1.82) is 0 Å². The Hall–Kier alpha value is -6.70.